The summed E-state index contributed by atoms with van der Waals surface area (Å²) in [6.07, 6.45) is 5.93. The predicted octanol–water partition coefficient (Wildman–Crippen LogP) is 2.15. The summed E-state index contributed by atoms with van der Waals surface area (Å²) in [6.45, 7) is 1.79. The largest absolute Gasteiger partial charge is 0.348 e. The normalized spacial score (nSPS) is 16.1. The van der Waals surface area contributed by atoms with Crippen LogP contribution in [0.25, 0.3) is 0 Å². The average Bonchev–Trinajstić information content (AvgIpc) is 2.60. The molecule has 1 saturated heterocycles. The quantitative estimate of drug-likeness (QED) is 0.932. The van der Waals surface area contributed by atoms with Crippen molar-refractivity contribution in [2.45, 2.75) is 25.4 Å². The number of hydrogen-bond acceptors (Lipinski definition) is 4. The second-order valence-corrected chi connectivity index (χ2v) is 5.85. The Labute approximate surface area is 138 Å². The summed E-state index contributed by atoms with van der Waals surface area (Å²) < 4.78 is 26.9. The fraction of sp³-hybridized carbons (Fsp3) is 0.353. The van der Waals surface area contributed by atoms with Crippen molar-refractivity contribution in [2.24, 2.45) is 0 Å². The van der Waals surface area contributed by atoms with E-state index in [1.165, 1.54) is 24.7 Å². The number of benzene rings is 1. The van der Waals surface area contributed by atoms with Crippen LogP contribution < -0.4 is 5.32 Å². The van der Waals surface area contributed by atoms with E-state index in [0.29, 0.717) is 30.9 Å². The fourth-order valence-corrected chi connectivity index (χ4v) is 2.82. The first-order valence-electron chi connectivity index (χ1n) is 7.85. The van der Waals surface area contributed by atoms with Crippen LogP contribution in [-0.4, -0.2) is 39.9 Å². The van der Waals surface area contributed by atoms with Crippen LogP contribution in [0.15, 0.2) is 36.8 Å². The van der Waals surface area contributed by atoms with Crippen molar-refractivity contribution in [3.63, 3.8) is 0 Å². The van der Waals surface area contributed by atoms with Crippen LogP contribution in [0.2, 0.25) is 0 Å². The van der Waals surface area contributed by atoms with Gasteiger partial charge in [-0.3, -0.25) is 14.7 Å². The molecule has 0 atom stereocenters. The van der Waals surface area contributed by atoms with Gasteiger partial charge in [0.1, 0.15) is 17.3 Å². The van der Waals surface area contributed by atoms with Gasteiger partial charge in [0.15, 0.2) is 0 Å². The standard InChI is InChI=1S/C17H18F2N4O/c18-13-1-2-15(19)12(9-13)11-23-7-3-14(4-8-23)22-17(24)16-10-20-5-6-21-16/h1-2,5-6,9-10,14H,3-4,7-8,11H2,(H,22,24). The fourth-order valence-electron chi connectivity index (χ4n) is 2.82. The number of hydrogen-bond donors (Lipinski definition) is 1. The first-order valence-corrected chi connectivity index (χ1v) is 7.85. The van der Waals surface area contributed by atoms with Gasteiger partial charge in [-0.2, -0.15) is 0 Å². The van der Waals surface area contributed by atoms with Crippen LogP contribution in [0.1, 0.15) is 28.9 Å². The summed E-state index contributed by atoms with van der Waals surface area (Å²) in [7, 11) is 0. The molecule has 3 rings (SSSR count). The molecule has 0 bridgehead atoms. The van der Waals surface area contributed by atoms with Crippen molar-refractivity contribution in [1.82, 2.24) is 20.2 Å². The minimum absolute atomic E-state index is 0.0492. The van der Waals surface area contributed by atoms with E-state index in [1.807, 2.05) is 0 Å². The maximum atomic E-state index is 13.7. The Kier molecular flexibility index (Phi) is 5.10. The SMILES string of the molecule is O=C(NC1CCN(Cc2cc(F)ccc2F)CC1)c1cnccn1. The molecule has 1 aliphatic heterocycles. The molecule has 0 unspecified atom stereocenters. The molecule has 1 aromatic heterocycles. The minimum atomic E-state index is -0.433. The number of amides is 1. The van der Waals surface area contributed by atoms with Crippen molar-refractivity contribution in [1.29, 1.82) is 0 Å². The molecule has 1 aromatic carbocycles. The summed E-state index contributed by atoms with van der Waals surface area (Å²) in [5.74, 6) is -1.07. The van der Waals surface area contributed by atoms with Crippen LogP contribution in [0.3, 0.4) is 0 Å². The van der Waals surface area contributed by atoms with Crippen molar-refractivity contribution in [3.8, 4) is 0 Å². The molecule has 0 saturated carbocycles. The Morgan fingerprint density at radius 1 is 1.25 bits per heavy atom. The Hall–Kier alpha value is -2.41. The van der Waals surface area contributed by atoms with Gasteiger partial charge in [0.25, 0.3) is 5.91 Å². The van der Waals surface area contributed by atoms with Crippen molar-refractivity contribution in [2.75, 3.05) is 13.1 Å². The summed E-state index contributed by atoms with van der Waals surface area (Å²) in [6, 6.07) is 3.55. The predicted molar refractivity (Wildman–Crippen MR) is 84.2 cm³/mol. The van der Waals surface area contributed by atoms with E-state index in [9.17, 15) is 13.6 Å². The van der Waals surface area contributed by atoms with Crippen LogP contribution in [0, 0.1) is 11.6 Å². The molecule has 2 aromatic rings. The van der Waals surface area contributed by atoms with Gasteiger partial charge in [-0.15, -0.1) is 0 Å². The molecule has 0 radical (unpaired) electrons. The minimum Gasteiger partial charge on any atom is -0.348 e. The zero-order valence-corrected chi connectivity index (χ0v) is 13.1. The van der Waals surface area contributed by atoms with Crippen molar-refractivity contribution >= 4 is 5.91 Å². The Morgan fingerprint density at radius 2 is 2.04 bits per heavy atom. The van der Waals surface area contributed by atoms with Crippen LogP contribution in [0.4, 0.5) is 8.78 Å². The highest BCUT2D eigenvalue weighted by molar-refractivity contribution is 5.92. The summed E-state index contributed by atoms with van der Waals surface area (Å²) in [5, 5.41) is 2.94. The van der Waals surface area contributed by atoms with Gasteiger partial charge in [0.2, 0.25) is 0 Å². The third-order valence-corrected chi connectivity index (χ3v) is 4.12. The highest BCUT2D eigenvalue weighted by atomic mass is 19.1. The highest BCUT2D eigenvalue weighted by Crippen LogP contribution is 2.17. The molecule has 24 heavy (non-hydrogen) atoms. The van der Waals surface area contributed by atoms with E-state index in [4.69, 9.17) is 0 Å². The molecule has 1 amide bonds. The molecule has 7 heteroatoms. The van der Waals surface area contributed by atoms with Crippen LogP contribution in [-0.2, 0) is 6.54 Å². The third-order valence-electron chi connectivity index (χ3n) is 4.12. The van der Waals surface area contributed by atoms with Crippen molar-refractivity contribution in [3.05, 3.63) is 59.7 Å². The molecular weight excluding hydrogens is 314 g/mol. The van der Waals surface area contributed by atoms with E-state index in [2.05, 4.69) is 20.2 Å². The lowest BCUT2D eigenvalue weighted by molar-refractivity contribution is 0.0903. The Balaban J connectivity index is 1.51. The molecule has 0 spiro atoms. The number of halogens is 2. The van der Waals surface area contributed by atoms with E-state index >= 15 is 0 Å². The van der Waals surface area contributed by atoms with Gasteiger partial charge >= 0.3 is 0 Å². The number of carbonyl (C=O) groups is 1. The number of carbonyl (C=O) groups excluding carboxylic acids is 1. The van der Waals surface area contributed by atoms with E-state index in [1.54, 1.807) is 0 Å². The first kappa shape index (κ1) is 16.4. The first-order chi connectivity index (χ1) is 11.6. The van der Waals surface area contributed by atoms with Crippen molar-refractivity contribution < 1.29 is 13.6 Å². The molecule has 1 N–H and O–H groups in total. The van der Waals surface area contributed by atoms with Gasteiger partial charge in [0.05, 0.1) is 6.20 Å². The number of rotatable bonds is 4. The highest BCUT2D eigenvalue weighted by Gasteiger charge is 2.22. The Bertz CT molecular complexity index is 703. The lowest BCUT2D eigenvalue weighted by atomic mass is 10.0. The molecule has 0 aliphatic carbocycles. The van der Waals surface area contributed by atoms with Gasteiger partial charge in [-0.05, 0) is 31.0 Å². The van der Waals surface area contributed by atoms with E-state index < -0.39 is 11.6 Å². The molecule has 1 aliphatic rings. The van der Waals surface area contributed by atoms with Gasteiger partial charge in [-0.25, -0.2) is 13.8 Å². The van der Waals surface area contributed by atoms with E-state index in [0.717, 1.165) is 25.0 Å². The second kappa shape index (κ2) is 7.44. The maximum absolute atomic E-state index is 13.7. The number of aromatic nitrogens is 2. The molecular formula is C17H18F2N4O. The van der Waals surface area contributed by atoms with Gasteiger partial charge in [-0.1, -0.05) is 0 Å². The average molecular weight is 332 g/mol. The number of likely N-dealkylation sites (tertiary alicyclic amines) is 1. The van der Waals surface area contributed by atoms with Crippen LogP contribution in [0.5, 0.6) is 0 Å². The molecule has 5 nitrogen and oxygen atoms in total. The Morgan fingerprint density at radius 3 is 2.75 bits per heavy atom. The zero-order chi connectivity index (χ0) is 16.9. The number of piperidine rings is 1. The maximum Gasteiger partial charge on any atom is 0.271 e. The van der Waals surface area contributed by atoms with Gasteiger partial charge < -0.3 is 5.32 Å². The number of nitrogens with one attached hydrogen (secondary N) is 1. The molecule has 126 valence electrons. The number of nitrogens with zero attached hydrogens (tertiary/aromatic N) is 3. The monoisotopic (exact) mass is 332 g/mol. The lowest BCUT2D eigenvalue weighted by Crippen LogP contribution is -2.44. The molecule has 1 fully saturated rings. The zero-order valence-electron chi connectivity index (χ0n) is 13.1. The molecule has 2 heterocycles. The second-order valence-electron chi connectivity index (χ2n) is 5.85. The summed E-state index contributed by atoms with van der Waals surface area (Å²) >= 11 is 0. The third kappa shape index (κ3) is 4.11. The smallest absolute Gasteiger partial charge is 0.271 e. The van der Waals surface area contributed by atoms with Gasteiger partial charge in [0, 0.05) is 43.6 Å². The summed E-state index contributed by atoms with van der Waals surface area (Å²) in [5.41, 5.74) is 0.652. The lowest BCUT2D eigenvalue weighted by Gasteiger charge is -2.32. The topological polar surface area (TPSA) is 58.1 Å². The summed E-state index contributed by atoms with van der Waals surface area (Å²) in [4.78, 5) is 22.0. The van der Waals surface area contributed by atoms with Crippen LogP contribution >= 0.6 is 0 Å². The van der Waals surface area contributed by atoms with E-state index in [-0.39, 0.29) is 11.9 Å².